The third-order valence-electron chi connectivity index (χ3n) is 7.12. The number of ether oxygens (including phenoxy) is 1. The molecule has 1 amide bonds. The summed E-state index contributed by atoms with van der Waals surface area (Å²) in [5, 5.41) is 3.31. The van der Waals surface area contributed by atoms with E-state index in [4.69, 9.17) is 9.15 Å². The van der Waals surface area contributed by atoms with Gasteiger partial charge in [-0.15, -0.1) is 0 Å². The summed E-state index contributed by atoms with van der Waals surface area (Å²) < 4.78 is 11.7. The van der Waals surface area contributed by atoms with Crippen LogP contribution in [0.2, 0.25) is 0 Å². The van der Waals surface area contributed by atoms with E-state index in [1.165, 1.54) is 32.1 Å². The van der Waals surface area contributed by atoms with Gasteiger partial charge in [-0.1, -0.05) is 12.1 Å². The molecule has 0 spiro atoms. The van der Waals surface area contributed by atoms with Crippen molar-refractivity contribution in [2.24, 2.45) is 23.7 Å². The lowest BCUT2D eigenvalue weighted by Crippen LogP contribution is -2.55. The average Bonchev–Trinajstić information content (AvgIpc) is 3.14. The number of furan rings is 1. The zero-order chi connectivity index (χ0) is 19.3. The van der Waals surface area contributed by atoms with Crippen LogP contribution in [0.25, 0.3) is 0 Å². The number of rotatable bonds is 5. The van der Waals surface area contributed by atoms with E-state index in [9.17, 15) is 4.79 Å². The summed E-state index contributed by atoms with van der Waals surface area (Å²) in [5.41, 5.74) is 2.26. The minimum absolute atomic E-state index is 0.0736. The van der Waals surface area contributed by atoms with Crippen LogP contribution in [-0.2, 0) is 6.61 Å². The van der Waals surface area contributed by atoms with Crippen molar-refractivity contribution in [3.8, 4) is 5.75 Å². The van der Waals surface area contributed by atoms with E-state index in [1.807, 2.05) is 26.0 Å². The zero-order valence-electron chi connectivity index (χ0n) is 16.7. The molecule has 6 rings (SSSR count). The van der Waals surface area contributed by atoms with Gasteiger partial charge in [-0.05, 0) is 98.9 Å². The van der Waals surface area contributed by atoms with E-state index in [-0.39, 0.29) is 5.91 Å². The van der Waals surface area contributed by atoms with Crippen molar-refractivity contribution in [2.45, 2.75) is 58.6 Å². The third kappa shape index (κ3) is 3.34. The molecule has 4 fully saturated rings. The largest absolute Gasteiger partial charge is 0.485 e. The lowest BCUT2D eigenvalue weighted by atomic mass is 9.54. The summed E-state index contributed by atoms with van der Waals surface area (Å²) in [7, 11) is 0. The molecule has 1 aromatic carbocycles. The van der Waals surface area contributed by atoms with Crippen LogP contribution in [-0.4, -0.2) is 11.9 Å². The molecule has 0 unspecified atom stereocenters. The maximum atomic E-state index is 12.8. The average molecular weight is 380 g/mol. The van der Waals surface area contributed by atoms with Gasteiger partial charge in [-0.25, -0.2) is 0 Å². The highest BCUT2D eigenvalue weighted by atomic mass is 16.5. The highest BCUT2D eigenvalue weighted by Crippen LogP contribution is 2.53. The second-order valence-corrected chi connectivity index (χ2v) is 9.25. The maximum Gasteiger partial charge on any atom is 0.287 e. The van der Waals surface area contributed by atoms with Crippen LogP contribution in [0.4, 0.5) is 0 Å². The summed E-state index contributed by atoms with van der Waals surface area (Å²) in [6.45, 7) is 4.40. The first-order chi connectivity index (χ1) is 13.5. The predicted molar refractivity (Wildman–Crippen MR) is 107 cm³/mol. The Hall–Kier alpha value is -2.23. The minimum Gasteiger partial charge on any atom is -0.485 e. The molecule has 0 saturated heterocycles. The fraction of sp³-hybridized carbons (Fsp3) is 0.542. The highest BCUT2D eigenvalue weighted by Gasteiger charge is 2.48. The van der Waals surface area contributed by atoms with Crippen LogP contribution >= 0.6 is 0 Å². The molecule has 0 atom stereocenters. The first-order valence-electron chi connectivity index (χ1n) is 10.6. The van der Waals surface area contributed by atoms with Crippen LogP contribution in [0.1, 0.15) is 59.5 Å². The van der Waals surface area contributed by atoms with E-state index < -0.39 is 0 Å². The molecule has 2 aromatic rings. The van der Waals surface area contributed by atoms with Crippen LogP contribution in [0.3, 0.4) is 0 Å². The molecule has 1 N–H and O–H groups in total. The molecule has 4 bridgehead atoms. The Balaban J connectivity index is 1.21. The van der Waals surface area contributed by atoms with Crippen molar-refractivity contribution in [3.63, 3.8) is 0 Å². The third-order valence-corrected chi connectivity index (χ3v) is 7.12. The van der Waals surface area contributed by atoms with Crippen molar-refractivity contribution in [3.05, 3.63) is 53.0 Å². The number of carbonyl (C=O) groups is 1. The van der Waals surface area contributed by atoms with Crippen molar-refractivity contribution in [1.82, 2.24) is 5.32 Å². The molecule has 0 aliphatic heterocycles. The number of nitrogens with one attached hydrogen (secondary N) is 1. The number of amides is 1. The van der Waals surface area contributed by atoms with Crippen molar-refractivity contribution in [2.75, 3.05) is 0 Å². The minimum atomic E-state index is -0.0736. The van der Waals surface area contributed by atoms with Crippen molar-refractivity contribution < 1.29 is 13.9 Å². The second kappa shape index (κ2) is 6.98. The van der Waals surface area contributed by atoms with Crippen molar-refractivity contribution in [1.29, 1.82) is 0 Å². The van der Waals surface area contributed by atoms with Gasteiger partial charge in [0.25, 0.3) is 5.91 Å². The standard InChI is InChI=1S/C24H29NO3/c1-14-3-4-15(2)22(7-14)27-13-20-5-6-21(28-20)24(26)25-23-18-9-16-8-17(11-18)12-19(23)10-16/h3-7,16-19,23H,8-13H2,1-2H3,(H,25,26). The van der Waals surface area contributed by atoms with Gasteiger partial charge in [0.1, 0.15) is 18.1 Å². The second-order valence-electron chi connectivity index (χ2n) is 9.25. The van der Waals surface area contributed by atoms with E-state index in [0.717, 1.165) is 28.7 Å². The Morgan fingerprint density at radius 2 is 1.75 bits per heavy atom. The molecule has 4 heteroatoms. The van der Waals surface area contributed by atoms with Crippen LogP contribution in [0, 0.1) is 37.5 Å². The SMILES string of the molecule is Cc1ccc(C)c(OCc2ccc(C(=O)NC3C4CC5CC(C4)CC3C5)o2)c1. The van der Waals surface area contributed by atoms with E-state index in [2.05, 4.69) is 17.4 Å². The Labute approximate surface area is 166 Å². The summed E-state index contributed by atoms with van der Waals surface area (Å²) in [6.07, 6.45) is 6.61. The highest BCUT2D eigenvalue weighted by molar-refractivity contribution is 5.91. The first-order valence-corrected chi connectivity index (χ1v) is 10.6. The molecule has 4 aliphatic carbocycles. The number of carbonyl (C=O) groups excluding carboxylic acids is 1. The summed E-state index contributed by atoms with van der Waals surface area (Å²) in [6, 6.07) is 10.1. The molecule has 28 heavy (non-hydrogen) atoms. The van der Waals surface area contributed by atoms with Crippen LogP contribution < -0.4 is 10.1 Å². The Morgan fingerprint density at radius 3 is 2.46 bits per heavy atom. The summed E-state index contributed by atoms with van der Waals surface area (Å²) in [4.78, 5) is 12.8. The summed E-state index contributed by atoms with van der Waals surface area (Å²) >= 11 is 0. The monoisotopic (exact) mass is 379 g/mol. The number of hydrogen-bond donors (Lipinski definition) is 1. The molecule has 1 aromatic heterocycles. The van der Waals surface area contributed by atoms with Gasteiger partial charge in [0.15, 0.2) is 5.76 Å². The molecule has 0 radical (unpaired) electrons. The summed E-state index contributed by atoms with van der Waals surface area (Å²) in [5.74, 6) is 5.02. The Kier molecular flexibility index (Phi) is 4.45. The van der Waals surface area contributed by atoms with Gasteiger partial charge in [-0.2, -0.15) is 0 Å². The molecular weight excluding hydrogens is 350 g/mol. The maximum absolute atomic E-state index is 12.8. The lowest BCUT2D eigenvalue weighted by Gasteiger charge is -2.54. The topological polar surface area (TPSA) is 51.5 Å². The smallest absolute Gasteiger partial charge is 0.287 e. The molecule has 4 aliphatic rings. The molecular formula is C24H29NO3. The van der Waals surface area contributed by atoms with Crippen molar-refractivity contribution >= 4 is 5.91 Å². The van der Waals surface area contributed by atoms with Gasteiger partial charge in [-0.3, -0.25) is 4.79 Å². The Bertz CT molecular complexity index is 856. The normalized spacial score (nSPS) is 30.4. The van der Waals surface area contributed by atoms with Gasteiger partial charge < -0.3 is 14.5 Å². The first kappa shape index (κ1) is 17.8. The van der Waals surface area contributed by atoms with E-state index >= 15 is 0 Å². The lowest BCUT2D eigenvalue weighted by molar-refractivity contribution is -0.0123. The fourth-order valence-electron chi connectivity index (χ4n) is 5.97. The quantitative estimate of drug-likeness (QED) is 0.793. The fourth-order valence-corrected chi connectivity index (χ4v) is 5.97. The van der Waals surface area contributed by atoms with Gasteiger partial charge in [0.05, 0.1) is 0 Å². The van der Waals surface area contributed by atoms with E-state index in [1.54, 1.807) is 6.07 Å². The predicted octanol–water partition coefficient (Wildman–Crippen LogP) is 5.03. The molecule has 4 saturated carbocycles. The Morgan fingerprint density at radius 1 is 1.04 bits per heavy atom. The van der Waals surface area contributed by atoms with Gasteiger partial charge >= 0.3 is 0 Å². The number of hydrogen-bond acceptors (Lipinski definition) is 3. The van der Waals surface area contributed by atoms with Gasteiger partial charge in [0.2, 0.25) is 0 Å². The number of benzene rings is 1. The molecule has 4 nitrogen and oxygen atoms in total. The van der Waals surface area contributed by atoms with Gasteiger partial charge in [0, 0.05) is 6.04 Å². The van der Waals surface area contributed by atoms with Crippen LogP contribution in [0.15, 0.2) is 34.7 Å². The zero-order valence-corrected chi connectivity index (χ0v) is 16.7. The van der Waals surface area contributed by atoms with E-state index in [0.29, 0.717) is 36.0 Å². The number of aryl methyl sites for hydroxylation is 2. The van der Waals surface area contributed by atoms with Crippen LogP contribution in [0.5, 0.6) is 5.75 Å². The molecule has 1 heterocycles. The molecule has 148 valence electrons.